The molecule has 1 aliphatic heterocycles. The molecule has 2 aromatic rings. The van der Waals surface area contributed by atoms with E-state index < -0.39 is 46.6 Å². The number of alkyl halides is 3. The number of nitrogens with one attached hydrogen (secondary N) is 1. The molecule has 6 nitrogen and oxygen atoms in total. The van der Waals surface area contributed by atoms with Crippen molar-refractivity contribution in [2.24, 2.45) is 0 Å². The molecule has 1 unspecified atom stereocenters. The number of carbonyl (C=O) groups is 1. The maximum absolute atomic E-state index is 13.8. The van der Waals surface area contributed by atoms with E-state index in [1.54, 1.807) is 42.6 Å². The van der Waals surface area contributed by atoms with Gasteiger partial charge in [0.25, 0.3) is 5.91 Å². The molecule has 1 fully saturated rings. The third-order valence-corrected chi connectivity index (χ3v) is 5.93. The molecule has 3 rings (SSSR count). The number of hydrogen-bond donors (Lipinski definition) is 1. The lowest BCUT2D eigenvalue weighted by molar-refractivity contribution is -0.159. The van der Waals surface area contributed by atoms with E-state index in [1.807, 2.05) is 0 Å². The van der Waals surface area contributed by atoms with Gasteiger partial charge in [-0.05, 0) is 31.0 Å². The first-order valence-electron chi connectivity index (χ1n) is 9.55. The van der Waals surface area contributed by atoms with E-state index in [-0.39, 0.29) is 5.75 Å². The Morgan fingerprint density at radius 3 is 2.32 bits per heavy atom. The van der Waals surface area contributed by atoms with Gasteiger partial charge in [0.1, 0.15) is 18.5 Å². The lowest BCUT2D eigenvalue weighted by Gasteiger charge is -2.32. The number of benzene rings is 1. The minimum atomic E-state index is -3.25. The van der Waals surface area contributed by atoms with E-state index in [0.29, 0.717) is 11.3 Å². The summed E-state index contributed by atoms with van der Waals surface area (Å²) in [5, 5.41) is 0. The first kappa shape index (κ1) is 23.2. The van der Waals surface area contributed by atoms with E-state index in [4.69, 9.17) is 9.52 Å². The van der Waals surface area contributed by atoms with Crippen molar-refractivity contribution < 1.29 is 26.9 Å². The van der Waals surface area contributed by atoms with Gasteiger partial charge in [-0.1, -0.05) is 30.3 Å². The monoisotopic (exact) mass is 455 g/mol. The van der Waals surface area contributed by atoms with Crippen LogP contribution in [0.15, 0.2) is 42.6 Å². The molecule has 168 valence electrons. The minimum Gasteiger partial charge on any atom is -0.346 e. The Kier molecular flexibility index (Phi) is 6.43. The minimum absolute atomic E-state index is 0.0689. The zero-order chi connectivity index (χ0) is 23.0. The van der Waals surface area contributed by atoms with Gasteiger partial charge in [0.05, 0.1) is 17.5 Å². The van der Waals surface area contributed by atoms with Crippen molar-refractivity contribution in [3.63, 3.8) is 0 Å². The van der Waals surface area contributed by atoms with Gasteiger partial charge < -0.3 is 9.64 Å². The lowest BCUT2D eigenvalue weighted by atomic mass is 9.99. The number of halogens is 3. The van der Waals surface area contributed by atoms with E-state index in [0.717, 1.165) is 16.0 Å². The standard InChI is InChI=1S/C21H24F3N3O3S/c1-21(2)27(20(28)19(23)24)17(10-22)18(30-21)14-6-4-13(5-7-14)15-8-9-16(26-11-15)12-31(3,25)29/h4-9,11,17-19,25H,10,12H2,1-3H3/t17-,18+,31?/m0/s1. The van der Waals surface area contributed by atoms with Crippen LogP contribution in [0.1, 0.15) is 31.2 Å². The summed E-state index contributed by atoms with van der Waals surface area (Å²) in [7, 11) is -2.69. The summed E-state index contributed by atoms with van der Waals surface area (Å²) in [6.45, 7) is 1.91. The molecule has 1 amide bonds. The van der Waals surface area contributed by atoms with Crippen LogP contribution in [-0.4, -0.2) is 51.1 Å². The van der Waals surface area contributed by atoms with Gasteiger partial charge >= 0.3 is 6.43 Å². The topological polar surface area (TPSA) is 83.3 Å². The maximum atomic E-state index is 13.8. The number of pyridine rings is 1. The van der Waals surface area contributed by atoms with Gasteiger partial charge in [0, 0.05) is 27.7 Å². The number of aromatic nitrogens is 1. The molecule has 0 spiro atoms. The smallest absolute Gasteiger partial charge is 0.315 e. The highest BCUT2D eigenvalue weighted by atomic mass is 32.2. The van der Waals surface area contributed by atoms with Crippen LogP contribution >= 0.6 is 0 Å². The fraction of sp³-hybridized carbons (Fsp3) is 0.429. The average Bonchev–Trinajstić information content (AvgIpc) is 2.97. The largest absolute Gasteiger partial charge is 0.346 e. The Labute approximate surface area is 179 Å². The summed E-state index contributed by atoms with van der Waals surface area (Å²) >= 11 is 0. The Morgan fingerprint density at radius 2 is 1.84 bits per heavy atom. The van der Waals surface area contributed by atoms with Crippen molar-refractivity contribution in [3.8, 4) is 11.1 Å². The highest BCUT2D eigenvalue weighted by Crippen LogP contribution is 2.42. The number of hydrogen-bond acceptors (Lipinski definition) is 5. The molecule has 10 heteroatoms. The third kappa shape index (κ3) is 5.07. The predicted molar refractivity (Wildman–Crippen MR) is 111 cm³/mol. The van der Waals surface area contributed by atoms with Crippen LogP contribution in [0.25, 0.3) is 11.1 Å². The zero-order valence-corrected chi connectivity index (χ0v) is 18.2. The molecule has 0 aliphatic carbocycles. The molecule has 1 saturated heterocycles. The fourth-order valence-electron chi connectivity index (χ4n) is 3.78. The molecule has 31 heavy (non-hydrogen) atoms. The molecule has 2 heterocycles. The number of rotatable bonds is 6. The third-order valence-electron chi connectivity index (χ3n) is 5.08. The Bertz CT molecular complexity index is 1040. The molecule has 1 aromatic carbocycles. The summed E-state index contributed by atoms with van der Waals surface area (Å²) in [5.41, 5.74) is 1.34. The van der Waals surface area contributed by atoms with Gasteiger partial charge in [0.2, 0.25) is 0 Å². The molecule has 1 aromatic heterocycles. The Balaban J connectivity index is 1.83. The van der Waals surface area contributed by atoms with Gasteiger partial charge in [-0.3, -0.25) is 14.6 Å². The van der Waals surface area contributed by atoms with Crippen LogP contribution < -0.4 is 0 Å². The summed E-state index contributed by atoms with van der Waals surface area (Å²) in [4.78, 5) is 17.0. The molecular formula is C21H24F3N3O3S. The number of ether oxygens (including phenoxy) is 1. The molecule has 3 atom stereocenters. The molecule has 1 N–H and O–H groups in total. The van der Waals surface area contributed by atoms with Crippen LogP contribution in [0.3, 0.4) is 0 Å². The second-order valence-corrected chi connectivity index (χ2v) is 10.3. The van der Waals surface area contributed by atoms with Crippen LogP contribution in [0.5, 0.6) is 0 Å². The zero-order valence-electron chi connectivity index (χ0n) is 17.3. The number of amides is 1. The second-order valence-electron chi connectivity index (χ2n) is 8.03. The number of carbonyl (C=O) groups excluding carboxylic acids is 1. The second kappa shape index (κ2) is 8.58. The molecular weight excluding hydrogens is 431 g/mol. The Hall–Kier alpha value is -2.46. The highest BCUT2D eigenvalue weighted by molar-refractivity contribution is 7.90. The van der Waals surface area contributed by atoms with Crippen molar-refractivity contribution in [1.29, 1.82) is 4.78 Å². The Morgan fingerprint density at radius 1 is 1.23 bits per heavy atom. The van der Waals surface area contributed by atoms with Crippen molar-refractivity contribution in [1.82, 2.24) is 9.88 Å². The molecule has 0 bridgehead atoms. The summed E-state index contributed by atoms with van der Waals surface area (Å²) in [5.74, 6) is -1.39. The van der Waals surface area contributed by atoms with Crippen molar-refractivity contribution in [2.75, 3.05) is 12.9 Å². The SMILES string of the molecule is CC1(C)O[C@H](c2ccc(-c3ccc(CS(C)(=N)=O)nc3)cc2)[C@H](CF)N1C(=O)C(F)F. The van der Waals surface area contributed by atoms with E-state index in [9.17, 15) is 22.2 Å². The van der Waals surface area contributed by atoms with Gasteiger partial charge in [-0.2, -0.15) is 8.78 Å². The number of nitrogens with zero attached hydrogens (tertiary/aromatic N) is 2. The van der Waals surface area contributed by atoms with Crippen molar-refractivity contribution >= 4 is 15.6 Å². The fourth-order valence-corrected chi connectivity index (χ4v) is 4.52. The van der Waals surface area contributed by atoms with E-state index >= 15 is 0 Å². The normalized spacial score (nSPS) is 22.5. The van der Waals surface area contributed by atoms with Crippen LogP contribution in [-0.2, 0) is 25.0 Å². The summed E-state index contributed by atoms with van der Waals surface area (Å²) in [6, 6.07) is 9.28. The first-order valence-corrected chi connectivity index (χ1v) is 11.7. The molecule has 0 radical (unpaired) electrons. The van der Waals surface area contributed by atoms with Gasteiger partial charge in [0.15, 0.2) is 0 Å². The van der Waals surface area contributed by atoms with Crippen LogP contribution in [0, 0.1) is 4.78 Å². The van der Waals surface area contributed by atoms with E-state index in [2.05, 4.69) is 4.98 Å². The van der Waals surface area contributed by atoms with Crippen LogP contribution in [0.2, 0.25) is 0 Å². The summed E-state index contributed by atoms with van der Waals surface area (Å²) < 4.78 is 64.7. The highest BCUT2D eigenvalue weighted by Gasteiger charge is 2.52. The predicted octanol–water partition coefficient (Wildman–Crippen LogP) is 4.16. The van der Waals surface area contributed by atoms with Crippen molar-refractivity contribution in [2.45, 2.75) is 43.9 Å². The maximum Gasteiger partial charge on any atom is 0.315 e. The van der Waals surface area contributed by atoms with Crippen molar-refractivity contribution in [3.05, 3.63) is 53.9 Å². The lowest BCUT2D eigenvalue weighted by Crippen LogP contribution is -2.51. The molecule has 1 aliphatic rings. The van der Waals surface area contributed by atoms with E-state index in [1.165, 1.54) is 20.1 Å². The first-order chi connectivity index (χ1) is 14.4. The van der Waals surface area contributed by atoms with Gasteiger partial charge in [-0.25, -0.2) is 8.60 Å². The quantitative estimate of drug-likeness (QED) is 0.709. The van der Waals surface area contributed by atoms with Crippen LogP contribution in [0.4, 0.5) is 13.2 Å². The average molecular weight is 456 g/mol. The summed E-state index contributed by atoms with van der Waals surface area (Å²) in [6.07, 6.45) is -1.16. The van der Waals surface area contributed by atoms with Gasteiger partial charge in [-0.15, -0.1) is 0 Å². The molecule has 0 saturated carbocycles.